The van der Waals surface area contributed by atoms with Crippen LogP contribution >= 0.6 is 11.6 Å². The molecule has 2 atom stereocenters. The Labute approximate surface area is 288 Å². The van der Waals surface area contributed by atoms with Gasteiger partial charge in [0.25, 0.3) is 6.47 Å². The summed E-state index contributed by atoms with van der Waals surface area (Å²) in [6.45, 7) is 14.4. The van der Waals surface area contributed by atoms with Crippen LogP contribution in [0.2, 0.25) is 5.02 Å². The Morgan fingerprint density at radius 1 is 1.21 bits per heavy atom. The lowest BCUT2D eigenvalue weighted by Crippen LogP contribution is -2.39. The fraction of sp³-hybridized carbons (Fsp3) is 0.541. The van der Waals surface area contributed by atoms with E-state index in [1.165, 1.54) is 38.1 Å². The van der Waals surface area contributed by atoms with Crippen LogP contribution in [0.4, 0.5) is 0 Å². The van der Waals surface area contributed by atoms with E-state index in [1.54, 1.807) is 13.4 Å². The molecule has 262 valence electrons. The molecule has 3 rings (SSSR count). The van der Waals surface area contributed by atoms with Crippen molar-refractivity contribution in [3.63, 3.8) is 0 Å². The lowest BCUT2D eigenvalue weighted by Gasteiger charge is -2.36. The smallest absolute Gasteiger partial charge is 0.293 e. The molecule has 1 saturated carbocycles. The minimum atomic E-state index is -0.424. The maximum Gasteiger partial charge on any atom is 0.293 e. The largest absolute Gasteiger partial charge is 0.465 e. The summed E-state index contributed by atoms with van der Waals surface area (Å²) >= 11 is 6.50. The Hall–Kier alpha value is -3.40. The van der Waals surface area contributed by atoms with Gasteiger partial charge in [-0.1, -0.05) is 49.4 Å². The van der Waals surface area contributed by atoms with Gasteiger partial charge in [-0.05, 0) is 131 Å². The van der Waals surface area contributed by atoms with Gasteiger partial charge in [0, 0.05) is 25.4 Å². The first-order valence-electron chi connectivity index (χ1n) is 16.5. The van der Waals surface area contributed by atoms with Gasteiger partial charge < -0.3 is 30.7 Å². The van der Waals surface area contributed by atoms with Crippen molar-refractivity contribution in [1.29, 1.82) is 0 Å². The number of methoxy groups -OCH3 is 1. The summed E-state index contributed by atoms with van der Waals surface area (Å²) in [5.41, 5.74) is 8.53. The highest BCUT2D eigenvalue weighted by Crippen LogP contribution is 2.40. The number of hydrogen-bond acceptors (Lipinski definition) is 7. The fourth-order valence-electron chi connectivity index (χ4n) is 5.99. The third kappa shape index (κ3) is 15.8. The van der Waals surface area contributed by atoms with Gasteiger partial charge in [0.05, 0.1) is 12.4 Å². The summed E-state index contributed by atoms with van der Waals surface area (Å²) in [5, 5.41) is 6.77. The van der Waals surface area contributed by atoms with Crippen LogP contribution in [-0.4, -0.2) is 76.7 Å². The Morgan fingerprint density at radius 3 is 2.45 bits per heavy atom. The number of nitrogens with two attached hydrogens (primary N) is 1. The molecule has 4 N–H and O–H groups in total. The molecule has 1 aromatic rings. The number of carbonyl (C=O) groups excluding carboxylic acids is 2. The lowest BCUT2D eigenvalue weighted by atomic mass is 9.75. The average Bonchev–Trinajstić information content (AvgIpc) is 3.06. The summed E-state index contributed by atoms with van der Waals surface area (Å²) < 4.78 is 9.85. The van der Waals surface area contributed by atoms with Crippen molar-refractivity contribution in [1.82, 2.24) is 15.5 Å². The minimum Gasteiger partial charge on any atom is -0.465 e. The number of ether oxygens (including phenoxy) is 2. The first-order chi connectivity index (χ1) is 22.7. The third-order valence-corrected chi connectivity index (χ3v) is 8.65. The first-order valence-corrected chi connectivity index (χ1v) is 16.9. The normalized spacial score (nSPS) is 17.4. The van der Waals surface area contributed by atoms with Crippen molar-refractivity contribution in [3.8, 4) is 0 Å². The van der Waals surface area contributed by atoms with E-state index in [4.69, 9.17) is 21.1 Å². The van der Waals surface area contributed by atoms with Crippen LogP contribution in [0.3, 0.4) is 0 Å². The molecule has 2 unspecified atom stereocenters. The van der Waals surface area contributed by atoms with E-state index in [9.17, 15) is 9.59 Å². The Balaban J connectivity index is 0.000000771. The monoisotopic (exact) mass is 671 g/mol. The number of nitrogens with zero attached hydrogens (tertiary/aromatic N) is 2. The van der Waals surface area contributed by atoms with Crippen molar-refractivity contribution in [2.24, 2.45) is 16.6 Å². The van der Waals surface area contributed by atoms with E-state index < -0.39 is 6.04 Å². The molecule has 9 nitrogen and oxygen atoms in total. The van der Waals surface area contributed by atoms with Crippen LogP contribution in [0.15, 0.2) is 66.5 Å². The Morgan fingerprint density at radius 2 is 1.87 bits per heavy atom. The van der Waals surface area contributed by atoms with Crippen molar-refractivity contribution in [2.75, 3.05) is 40.9 Å². The van der Waals surface area contributed by atoms with E-state index in [1.807, 2.05) is 25.3 Å². The standard InChI is InChI=1S/C28H41ClN4O2.C7H12O2.C2H5N/c1-7-8-9-24(22-12-14-33(5)15-13-22)25-11-10-23(29)16-26(25)21(3)28(32-27(34)18-35-6)20(2)17-31-19-30-4;8-6-9-7-4-2-1-3-5-7;1-2-3/h7-8,10-11,16-17,19,22,24,28H,3,9,12-15,18H2,1-2,4-6H3,(H,30,31)(H,32,34);6-7H,1-5H2;2H,1,3H2/b8-7-,20-17+;;. The highest BCUT2D eigenvalue weighted by molar-refractivity contribution is 6.30. The molecule has 0 radical (unpaired) electrons. The van der Waals surface area contributed by atoms with Crippen molar-refractivity contribution in [2.45, 2.75) is 83.3 Å². The summed E-state index contributed by atoms with van der Waals surface area (Å²) in [6.07, 6.45) is 18.4. The number of hydrogen-bond donors (Lipinski definition) is 3. The van der Waals surface area contributed by atoms with E-state index in [0.29, 0.717) is 23.3 Å². The molecule has 1 aliphatic heterocycles. The molecule has 1 aliphatic carbocycles. The zero-order chi connectivity index (χ0) is 35.0. The number of benzene rings is 1. The summed E-state index contributed by atoms with van der Waals surface area (Å²) in [4.78, 5) is 28.7. The van der Waals surface area contributed by atoms with Gasteiger partial charge >= 0.3 is 0 Å². The number of likely N-dealkylation sites (tertiary alicyclic amines) is 1. The topological polar surface area (TPSA) is 118 Å². The average molecular weight is 672 g/mol. The second kappa shape index (κ2) is 24.7. The van der Waals surface area contributed by atoms with Crippen LogP contribution in [-0.2, 0) is 19.1 Å². The van der Waals surface area contributed by atoms with E-state index in [-0.39, 0.29) is 18.6 Å². The SMILES string of the molecule is C=C(c1cc(Cl)ccc1C(C/C=C\C)C1CCN(C)CC1)C(NC(=O)COC)/C(C)=C/NC=NC.C=CN.O=COC1CCCCC1. The zero-order valence-corrected chi connectivity index (χ0v) is 29.9. The summed E-state index contributed by atoms with van der Waals surface area (Å²) in [5.74, 6) is 0.699. The summed E-state index contributed by atoms with van der Waals surface area (Å²) in [7, 11) is 5.39. The van der Waals surface area contributed by atoms with Crippen LogP contribution < -0.4 is 16.4 Å². The molecular formula is C37H58ClN5O4. The highest BCUT2D eigenvalue weighted by atomic mass is 35.5. The van der Waals surface area contributed by atoms with Crippen molar-refractivity contribution in [3.05, 3.63) is 77.6 Å². The maximum absolute atomic E-state index is 12.5. The number of amides is 1. The van der Waals surface area contributed by atoms with Gasteiger partial charge in [-0.3, -0.25) is 14.6 Å². The van der Waals surface area contributed by atoms with Crippen LogP contribution in [0.5, 0.6) is 0 Å². The predicted molar refractivity (Wildman–Crippen MR) is 196 cm³/mol. The second-order valence-corrected chi connectivity index (χ2v) is 12.3. The molecule has 1 heterocycles. The maximum atomic E-state index is 12.5. The van der Waals surface area contributed by atoms with Crippen LogP contribution in [0, 0.1) is 5.92 Å². The quantitative estimate of drug-likeness (QED) is 0.0882. The third-order valence-electron chi connectivity index (χ3n) is 8.42. The van der Waals surface area contributed by atoms with Gasteiger partial charge in [0.2, 0.25) is 5.91 Å². The zero-order valence-electron chi connectivity index (χ0n) is 29.2. The molecule has 0 aromatic heterocycles. The van der Waals surface area contributed by atoms with Gasteiger partial charge in [0.15, 0.2) is 0 Å². The molecule has 1 aromatic carbocycles. The van der Waals surface area contributed by atoms with Crippen molar-refractivity contribution >= 4 is 35.9 Å². The molecular weight excluding hydrogens is 614 g/mol. The highest BCUT2D eigenvalue weighted by Gasteiger charge is 2.30. The number of carbonyl (C=O) groups is 2. The predicted octanol–water partition coefficient (Wildman–Crippen LogP) is 6.61. The second-order valence-electron chi connectivity index (χ2n) is 11.9. The van der Waals surface area contributed by atoms with Gasteiger partial charge in [-0.2, -0.15) is 0 Å². The number of halogens is 1. The molecule has 2 aliphatic rings. The van der Waals surface area contributed by atoms with Gasteiger partial charge in [-0.15, -0.1) is 0 Å². The van der Waals surface area contributed by atoms with Crippen LogP contribution in [0.1, 0.15) is 82.3 Å². The molecule has 2 fully saturated rings. The number of allylic oxidation sites excluding steroid dienone is 2. The van der Waals surface area contributed by atoms with Gasteiger partial charge in [0.1, 0.15) is 12.7 Å². The first kappa shape index (κ1) is 41.6. The number of aliphatic imine (C=N–C) groups is 1. The minimum absolute atomic E-state index is 0.0250. The van der Waals surface area contributed by atoms with E-state index >= 15 is 0 Å². The van der Waals surface area contributed by atoms with E-state index in [0.717, 1.165) is 61.9 Å². The molecule has 0 spiro atoms. The molecule has 0 bridgehead atoms. The Kier molecular flexibility index (Phi) is 21.9. The molecule has 1 amide bonds. The van der Waals surface area contributed by atoms with Crippen LogP contribution in [0.25, 0.3) is 5.57 Å². The molecule has 10 heteroatoms. The number of rotatable bonds is 14. The van der Waals surface area contributed by atoms with Crippen molar-refractivity contribution < 1.29 is 19.1 Å². The summed E-state index contributed by atoms with van der Waals surface area (Å²) in [6, 6.07) is 5.67. The van der Waals surface area contributed by atoms with Gasteiger partial charge in [-0.25, -0.2) is 0 Å². The molecule has 47 heavy (non-hydrogen) atoms. The molecule has 1 saturated heterocycles. The van der Waals surface area contributed by atoms with E-state index in [2.05, 4.69) is 71.6 Å². The Bertz CT molecular complexity index is 1170. The lowest BCUT2D eigenvalue weighted by molar-refractivity contribution is -0.134. The fourth-order valence-corrected chi connectivity index (χ4v) is 6.16. The number of nitrogens with one attached hydrogen (secondary N) is 2. The number of piperidine rings is 1.